The first kappa shape index (κ1) is 27.6. The second-order valence-corrected chi connectivity index (χ2v) is 8.07. The molecule has 0 aliphatic rings. The summed E-state index contributed by atoms with van der Waals surface area (Å²) < 4.78 is 5.15. The highest BCUT2D eigenvalue weighted by molar-refractivity contribution is 5.86. The lowest BCUT2D eigenvalue weighted by atomic mass is 10.2. The molecule has 0 aromatic heterocycles. The van der Waals surface area contributed by atoms with Crippen molar-refractivity contribution < 1.29 is 19.4 Å². The van der Waals surface area contributed by atoms with Crippen molar-refractivity contribution in [3.63, 3.8) is 0 Å². The van der Waals surface area contributed by atoms with E-state index in [9.17, 15) is 9.59 Å². The first-order valence-electron chi connectivity index (χ1n) is 11.3. The number of amides is 1. The van der Waals surface area contributed by atoms with Gasteiger partial charge in [-0.05, 0) is 76.2 Å². The van der Waals surface area contributed by atoms with Crippen molar-refractivity contribution in [3.8, 4) is 11.5 Å². The Balaban J connectivity index is 0.000000213. The minimum Gasteiger partial charge on any atom is -0.508 e. The summed E-state index contributed by atoms with van der Waals surface area (Å²) in [6.07, 6.45) is 0.995. The molecule has 0 aliphatic carbocycles. The predicted molar refractivity (Wildman–Crippen MR) is 144 cm³/mol. The van der Waals surface area contributed by atoms with E-state index < -0.39 is 6.09 Å². The molecular formula is C30H30N2O4. The second kappa shape index (κ2) is 14.6. The molecule has 4 rings (SSSR count). The van der Waals surface area contributed by atoms with Gasteiger partial charge in [0.05, 0.1) is 5.69 Å². The summed E-state index contributed by atoms with van der Waals surface area (Å²) >= 11 is 0. The average molecular weight is 483 g/mol. The van der Waals surface area contributed by atoms with Crippen LogP contribution in [0.2, 0.25) is 0 Å². The lowest BCUT2D eigenvalue weighted by Gasteiger charge is -2.07. The molecule has 4 aromatic carbocycles. The SMILES string of the molecule is Cc1ccc(N=C=O)cc1.Cc1ccc(NC(=O)Oc2ccc(C)cc2)cc1.Cc1ccc(O)cc1. The number of aliphatic imine (C=N–C) groups is 1. The third-order valence-electron chi connectivity index (χ3n) is 4.77. The van der Waals surface area contributed by atoms with Gasteiger partial charge in [0.25, 0.3) is 0 Å². The van der Waals surface area contributed by atoms with Crippen LogP contribution in [0.1, 0.15) is 22.3 Å². The Bertz CT molecular complexity index is 1190. The van der Waals surface area contributed by atoms with Gasteiger partial charge in [0.1, 0.15) is 11.5 Å². The molecule has 6 heteroatoms. The standard InChI is InChI=1S/C15H15NO2.C8H7NO.C7H8O/c1-11-3-7-13(8-4-11)16-15(17)18-14-9-5-12(2)6-10-14;1-7-2-4-8(5-3-7)9-6-10;1-6-2-4-7(8)5-3-6/h3-10H,1-2H3,(H,16,17);2-5H,1H3;2-5,8H,1H3. The Hall–Kier alpha value is -4.67. The van der Waals surface area contributed by atoms with Crippen molar-refractivity contribution in [1.82, 2.24) is 0 Å². The molecule has 0 atom stereocenters. The van der Waals surface area contributed by atoms with E-state index in [0.29, 0.717) is 17.2 Å². The maximum absolute atomic E-state index is 11.6. The molecular weight excluding hydrogens is 452 g/mol. The minimum absolute atomic E-state index is 0.329. The molecule has 0 unspecified atom stereocenters. The summed E-state index contributed by atoms with van der Waals surface area (Å²) in [7, 11) is 0. The van der Waals surface area contributed by atoms with Crippen molar-refractivity contribution in [2.45, 2.75) is 27.7 Å². The van der Waals surface area contributed by atoms with Crippen LogP contribution in [-0.2, 0) is 4.79 Å². The predicted octanol–water partition coefficient (Wildman–Crippen LogP) is 7.58. The van der Waals surface area contributed by atoms with Gasteiger partial charge in [0.15, 0.2) is 0 Å². The number of carbonyl (C=O) groups is 1. The fourth-order valence-corrected chi connectivity index (χ4v) is 2.71. The quantitative estimate of drug-likeness (QED) is 0.233. The lowest BCUT2D eigenvalue weighted by molar-refractivity contribution is 0.215. The molecule has 0 heterocycles. The zero-order chi connectivity index (χ0) is 26.3. The van der Waals surface area contributed by atoms with Gasteiger partial charge in [-0.3, -0.25) is 5.32 Å². The van der Waals surface area contributed by atoms with Gasteiger partial charge in [-0.1, -0.05) is 70.8 Å². The summed E-state index contributed by atoms with van der Waals surface area (Å²) in [4.78, 5) is 24.8. The number of nitrogens with zero attached hydrogens (tertiary/aromatic N) is 1. The molecule has 0 saturated carbocycles. The van der Waals surface area contributed by atoms with Crippen LogP contribution in [0.3, 0.4) is 0 Å². The van der Waals surface area contributed by atoms with Gasteiger partial charge >= 0.3 is 6.09 Å². The van der Waals surface area contributed by atoms with Gasteiger partial charge < -0.3 is 9.84 Å². The molecule has 0 saturated heterocycles. The molecule has 184 valence electrons. The fourth-order valence-electron chi connectivity index (χ4n) is 2.71. The van der Waals surface area contributed by atoms with Crippen LogP contribution in [0.4, 0.5) is 16.2 Å². The van der Waals surface area contributed by atoms with Crippen molar-refractivity contribution in [2.24, 2.45) is 4.99 Å². The summed E-state index contributed by atoms with van der Waals surface area (Å²) in [5.41, 5.74) is 5.97. The first-order chi connectivity index (χ1) is 17.2. The van der Waals surface area contributed by atoms with E-state index in [-0.39, 0.29) is 0 Å². The van der Waals surface area contributed by atoms with Crippen LogP contribution in [0.5, 0.6) is 11.5 Å². The summed E-state index contributed by atoms with van der Waals surface area (Å²) in [6, 6.07) is 29.3. The number of carbonyl (C=O) groups excluding carboxylic acids is 2. The van der Waals surface area contributed by atoms with Gasteiger partial charge in [-0.15, -0.1) is 0 Å². The topological polar surface area (TPSA) is 88.0 Å². The number of hydrogen-bond donors (Lipinski definition) is 2. The summed E-state index contributed by atoms with van der Waals surface area (Å²) in [6.45, 7) is 7.94. The zero-order valence-corrected chi connectivity index (χ0v) is 20.9. The number of isocyanates is 1. The third-order valence-corrected chi connectivity index (χ3v) is 4.77. The van der Waals surface area contributed by atoms with Crippen LogP contribution < -0.4 is 10.1 Å². The Labute approximate surface area is 211 Å². The molecule has 6 nitrogen and oxygen atoms in total. The van der Waals surface area contributed by atoms with E-state index in [4.69, 9.17) is 9.84 Å². The molecule has 0 spiro atoms. The highest BCUT2D eigenvalue weighted by Gasteiger charge is 2.04. The Morgan fingerprint density at radius 1 is 0.694 bits per heavy atom. The van der Waals surface area contributed by atoms with Crippen LogP contribution in [0, 0.1) is 27.7 Å². The van der Waals surface area contributed by atoms with E-state index in [0.717, 1.165) is 22.4 Å². The molecule has 36 heavy (non-hydrogen) atoms. The Morgan fingerprint density at radius 3 is 1.56 bits per heavy atom. The zero-order valence-electron chi connectivity index (χ0n) is 20.9. The Kier molecular flexibility index (Phi) is 11.2. The molecule has 4 aromatic rings. The smallest absolute Gasteiger partial charge is 0.417 e. The third kappa shape index (κ3) is 11.0. The van der Waals surface area contributed by atoms with Crippen LogP contribution >= 0.6 is 0 Å². The van der Waals surface area contributed by atoms with Crippen molar-refractivity contribution in [1.29, 1.82) is 0 Å². The number of phenols is 1. The van der Waals surface area contributed by atoms with Gasteiger partial charge in [-0.25, -0.2) is 9.59 Å². The molecule has 0 fully saturated rings. The monoisotopic (exact) mass is 482 g/mol. The summed E-state index contributed by atoms with van der Waals surface area (Å²) in [5.74, 6) is 0.862. The number of anilines is 1. The van der Waals surface area contributed by atoms with E-state index in [1.807, 2.05) is 88.4 Å². The van der Waals surface area contributed by atoms with E-state index >= 15 is 0 Å². The average Bonchev–Trinajstić information content (AvgIpc) is 2.86. The number of nitrogens with one attached hydrogen (secondary N) is 1. The molecule has 0 radical (unpaired) electrons. The van der Waals surface area contributed by atoms with Crippen molar-refractivity contribution >= 4 is 23.5 Å². The number of rotatable bonds is 3. The van der Waals surface area contributed by atoms with Gasteiger partial charge in [0, 0.05) is 5.69 Å². The molecule has 1 amide bonds. The molecule has 2 N–H and O–H groups in total. The highest BCUT2D eigenvalue weighted by Crippen LogP contribution is 2.14. The normalized spacial score (nSPS) is 9.33. The minimum atomic E-state index is -0.484. The maximum atomic E-state index is 11.6. The van der Waals surface area contributed by atoms with Crippen LogP contribution in [0.15, 0.2) is 102 Å². The number of aryl methyl sites for hydroxylation is 4. The lowest BCUT2D eigenvalue weighted by Crippen LogP contribution is -2.16. The van der Waals surface area contributed by atoms with E-state index in [1.165, 1.54) is 11.6 Å². The number of benzene rings is 4. The summed E-state index contributed by atoms with van der Waals surface area (Å²) in [5, 5.41) is 11.4. The van der Waals surface area contributed by atoms with Crippen LogP contribution in [-0.4, -0.2) is 17.3 Å². The molecule has 0 aliphatic heterocycles. The number of aromatic hydroxyl groups is 1. The van der Waals surface area contributed by atoms with Crippen LogP contribution in [0.25, 0.3) is 0 Å². The number of hydrogen-bond acceptors (Lipinski definition) is 5. The number of ether oxygens (including phenoxy) is 1. The van der Waals surface area contributed by atoms with Crippen molar-refractivity contribution in [3.05, 3.63) is 119 Å². The fraction of sp³-hybridized carbons (Fsp3) is 0.133. The van der Waals surface area contributed by atoms with Crippen molar-refractivity contribution in [2.75, 3.05) is 5.32 Å². The molecule has 0 bridgehead atoms. The van der Waals surface area contributed by atoms with Gasteiger partial charge in [-0.2, -0.15) is 4.99 Å². The first-order valence-corrected chi connectivity index (χ1v) is 11.3. The second-order valence-electron chi connectivity index (χ2n) is 8.07. The van der Waals surface area contributed by atoms with E-state index in [2.05, 4.69) is 10.3 Å². The number of phenolic OH excluding ortho intramolecular Hbond substituents is 1. The maximum Gasteiger partial charge on any atom is 0.417 e. The van der Waals surface area contributed by atoms with E-state index in [1.54, 1.807) is 36.4 Å². The highest BCUT2D eigenvalue weighted by atomic mass is 16.6. The Morgan fingerprint density at radius 2 is 1.11 bits per heavy atom. The van der Waals surface area contributed by atoms with Gasteiger partial charge in [0.2, 0.25) is 6.08 Å². The largest absolute Gasteiger partial charge is 0.508 e.